The lowest BCUT2D eigenvalue weighted by Gasteiger charge is -2.19. The molecule has 1 aromatic carbocycles. The highest BCUT2D eigenvalue weighted by molar-refractivity contribution is 7.90. The van der Waals surface area contributed by atoms with Crippen LogP contribution in [0.3, 0.4) is 0 Å². The van der Waals surface area contributed by atoms with Crippen LogP contribution in [-0.4, -0.2) is 55.2 Å². The Hall–Kier alpha value is -3.42. The Morgan fingerprint density at radius 1 is 1.28 bits per heavy atom. The van der Waals surface area contributed by atoms with E-state index in [1.165, 1.54) is 29.6 Å². The van der Waals surface area contributed by atoms with Crippen LogP contribution in [0.25, 0.3) is 0 Å². The SMILES string of the molecule is N#Cc1ccc(S(=O)(=O)Cc2nc(C(=O)NCC(=O)N3CC(F)(F)C[C@H]3C#N)cs2)cc1. The topological polar surface area (TPSA) is 144 Å². The molecule has 1 aliphatic rings. The Kier molecular flexibility index (Phi) is 6.52. The first kappa shape index (κ1) is 23.2. The molecule has 2 amide bonds. The quantitative estimate of drug-likeness (QED) is 0.661. The smallest absolute Gasteiger partial charge is 0.271 e. The van der Waals surface area contributed by atoms with Crippen molar-refractivity contribution in [3.8, 4) is 12.1 Å². The van der Waals surface area contributed by atoms with Gasteiger partial charge in [0.05, 0.1) is 35.7 Å². The van der Waals surface area contributed by atoms with Gasteiger partial charge in [0, 0.05) is 11.8 Å². The molecule has 0 radical (unpaired) electrons. The van der Waals surface area contributed by atoms with Gasteiger partial charge in [-0.3, -0.25) is 9.59 Å². The Morgan fingerprint density at radius 3 is 2.59 bits per heavy atom. The van der Waals surface area contributed by atoms with Crippen molar-refractivity contribution >= 4 is 33.0 Å². The maximum Gasteiger partial charge on any atom is 0.271 e. The third-order valence-electron chi connectivity index (χ3n) is 4.58. The van der Waals surface area contributed by atoms with E-state index in [-0.39, 0.29) is 15.6 Å². The molecule has 32 heavy (non-hydrogen) atoms. The van der Waals surface area contributed by atoms with Gasteiger partial charge >= 0.3 is 0 Å². The molecule has 2 heterocycles. The van der Waals surface area contributed by atoms with E-state index in [0.29, 0.717) is 5.56 Å². The normalized spacial score (nSPS) is 17.4. The highest BCUT2D eigenvalue weighted by Crippen LogP contribution is 2.31. The first-order chi connectivity index (χ1) is 15.0. The predicted octanol–water partition coefficient (Wildman–Crippen LogP) is 1.48. The minimum atomic E-state index is -3.76. The van der Waals surface area contributed by atoms with E-state index in [2.05, 4.69) is 10.3 Å². The van der Waals surface area contributed by atoms with E-state index in [1.54, 1.807) is 6.07 Å². The van der Waals surface area contributed by atoms with E-state index in [1.807, 2.05) is 6.07 Å². The van der Waals surface area contributed by atoms with E-state index >= 15 is 0 Å². The van der Waals surface area contributed by atoms with Gasteiger partial charge in [-0.1, -0.05) is 0 Å². The van der Waals surface area contributed by atoms with E-state index < -0.39 is 58.9 Å². The summed E-state index contributed by atoms with van der Waals surface area (Å²) in [5.74, 6) is -5.25. The molecular formula is C19H15F2N5O4S2. The number of thiazole rings is 1. The maximum atomic E-state index is 13.5. The van der Waals surface area contributed by atoms with Gasteiger partial charge in [0.25, 0.3) is 11.8 Å². The molecule has 3 rings (SSSR count). The molecule has 1 atom stereocenters. The molecule has 13 heteroatoms. The number of halogens is 2. The van der Waals surface area contributed by atoms with Crippen LogP contribution in [0.2, 0.25) is 0 Å². The molecule has 1 saturated heterocycles. The summed E-state index contributed by atoms with van der Waals surface area (Å²) < 4.78 is 51.9. The fourth-order valence-corrected chi connectivity index (χ4v) is 5.41. The van der Waals surface area contributed by atoms with Gasteiger partial charge in [-0.15, -0.1) is 11.3 Å². The van der Waals surface area contributed by atoms with Crippen molar-refractivity contribution in [2.45, 2.75) is 29.0 Å². The van der Waals surface area contributed by atoms with E-state index in [9.17, 15) is 26.8 Å². The van der Waals surface area contributed by atoms with Crippen LogP contribution >= 0.6 is 11.3 Å². The fourth-order valence-electron chi connectivity index (χ4n) is 3.01. The molecule has 0 aliphatic carbocycles. The van der Waals surface area contributed by atoms with Crippen molar-refractivity contribution in [2.24, 2.45) is 0 Å². The van der Waals surface area contributed by atoms with Crippen LogP contribution in [0.4, 0.5) is 8.78 Å². The zero-order chi connectivity index (χ0) is 23.5. The highest BCUT2D eigenvalue weighted by atomic mass is 32.2. The number of nitriles is 2. The second kappa shape index (κ2) is 8.98. The third kappa shape index (κ3) is 5.25. The number of nitrogens with one attached hydrogen (secondary N) is 1. The molecule has 1 aromatic heterocycles. The summed E-state index contributed by atoms with van der Waals surface area (Å²) in [5, 5.41) is 21.4. The molecule has 1 aliphatic heterocycles. The summed E-state index contributed by atoms with van der Waals surface area (Å²) in [6.45, 7) is -1.50. The number of hydrogen-bond donors (Lipinski definition) is 1. The standard InChI is InChI=1S/C19H15F2N5O4S2/c20-19(21)5-13(7-23)26(11-19)17(27)8-24-18(28)15-9-31-16(25-15)10-32(29,30)14-3-1-12(6-22)2-4-14/h1-4,9,13H,5,8,10-11H2,(H,24,28)/t13-/m0/s1. The second-order valence-corrected chi connectivity index (χ2v) is 9.86. The minimum absolute atomic E-state index is 0.00207. The van der Waals surface area contributed by atoms with Gasteiger partial charge in [0.15, 0.2) is 9.84 Å². The number of sulfone groups is 1. The van der Waals surface area contributed by atoms with Crippen molar-refractivity contribution < 1.29 is 26.8 Å². The van der Waals surface area contributed by atoms with Gasteiger partial charge in [-0.25, -0.2) is 22.2 Å². The average Bonchev–Trinajstić information content (AvgIpc) is 3.34. The number of hydrogen-bond acceptors (Lipinski definition) is 8. The van der Waals surface area contributed by atoms with Crippen molar-refractivity contribution in [1.29, 1.82) is 10.5 Å². The highest BCUT2D eigenvalue weighted by Gasteiger charge is 2.47. The van der Waals surface area contributed by atoms with Gasteiger partial charge in [-0.2, -0.15) is 10.5 Å². The van der Waals surface area contributed by atoms with Crippen LogP contribution in [-0.2, 0) is 20.4 Å². The Labute approximate surface area is 185 Å². The van der Waals surface area contributed by atoms with Crippen LogP contribution in [0.5, 0.6) is 0 Å². The molecule has 1 fully saturated rings. The fraction of sp³-hybridized carbons (Fsp3) is 0.316. The molecule has 166 valence electrons. The molecule has 0 bridgehead atoms. The number of benzene rings is 1. The molecule has 2 aromatic rings. The van der Waals surface area contributed by atoms with Gasteiger partial charge < -0.3 is 10.2 Å². The van der Waals surface area contributed by atoms with Crippen LogP contribution < -0.4 is 5.32 Å². The lowest BCUT2D eigenvalue weighted by Crippen LogP contribution is -2.43. The average molecular weight is 479 g/mol. The number of amides is 2. The number of carbonyl (C=O) groups is 2. The van der Waals surface area contributed by atoms with Crippen molar-refractivity contribution in [2.75, 3.05) is 13.1 Å². The summed E-state index contributed by atoms with van der Waals surface area (Å²) in [6, 6.07) is 7.61. The summed E-state index contributed by atoms with van der Waals surface area (Å²) in [4.78, 5) is 29.1. The van der Waals surface area contributed by atoms with Crippen LogP contribution in [0.1, 0.15) is 27.5 Å². The first-order valence-electron chi connectivity index (χ1n) is 9.07. The van der Waals surface area contributed by atoms with E-state index in [0.717, 1.165) is 16.2 Å². The second-order valence-electron chi connectivity index (χ2n) is 6.93. The molecule has 0 saturated carbocycles. The number of carbonyl (C=O) groups excluding carboxylic acids is 2. The molecular weight excluding hydrogens is 464 g/mol. The summed E-state index contributed by atoms with van der Waals surface area (Å²) in [6.07, 6.45) is -0.758. The van der Waals surface area contributed by atoms with E-state index in [4.69, 9.17) is 10.5 Å². The molecule has 1 N–H and O–H groups in total. The van der Waals surface area contributed by atoms with Gasteiger partial charge in [-0.05, 0) is 24.3 Å². The van der Waals surface area contributed by atoms with Gasteiger partial charge in [0.2, 0.25) is 5.91 Å². The maximum absolute atomic E-state index is 13.5. The first-order valence-corrected chi connectivity index (χ1v) is 11.6. The number of likely N-dealkylation sites (tertiary alicyclic amines) is 1. The Bertz CT molecular complexity index is 1230. The zero-order valence-electron chi connectivity index (χ0n) is 16.3. The number of aromatic nitrogens is 1. The number of alkyl halides is 2. The summed E-state index contributed by atoms with van der Waals surface area (Å²) in [7, 11) is -3.76. The molecule has 9 nitrogen and oxygen atoms in total. The molecule has 0 spiro atoms. The summed E-state index contributed by atoms with van der Waals surface area (Å²) >= 11 is 0.929. The Morgan fingerprint density at radius 2 is 1.97 bits per heavy atom. The zero-order valence-corrected chi connectivity index (χ0v) is 17.9. The third-order valence-corrected chi connectivity index (χ3v) is 7.26. The van der Waals surface area contributed by atoms with Crippen molar-refractivity contribution in [1.82, 2.24) is 15.2 Å². The van der Waals surface area contributed by atoms with Gasteiger partial charge in [0.1, 0.15) is 22.5 Å². The van der Waals surface area contributed by atoms with Crippen molar-refractivity contribution in [3.05, 3.63) is 45.9 Å². The van der Waals surface area contributed by atoms with Crippen molar-refractivity contribution in [3.63, 3.8) is 0 Å². The van der Waals surface area contributed by atoms with Crippen LogP contribution in [0.15, 0.2) is 34.5 Å². The largest absolute Gasteiger partial charge is 0.342 e. The number of nitrogens with zero attached hydrogens (tertiary/aromatic N) is 4. The monoisotopic (exact) mass is 479 g/mol. The predicted molar refractivity (Wildman–Crippen MR) is 107 cm³/mol. The lowest BCUT2D eigenvalue weighted by atomic mass is 10.2. The minimum Gasteiger partial charge on any atom is -0.342 e. The number of rotatable bonds is 6. The lowest BCUT2D eigenvalue weighted by molar-refractivity contribution is -0.131. The summed E-state index contributed by atoms with van der Waals surface area (Å²) in [5.41, 5.74) is 0.182. The Balaban J connectivity index is 1.60. The van der Waals surface area contributed by atoms with Crippen LogP contribution in [0, 0.1) is 22.7 Å². The molecule has 0 unspecified atom stereocenters.